The standard InChI is InChI=1S/C35H37N3O2/c39-25(21-33-29-11-3-1-9-27(29)28-10-2-4-12-30(28)33)22-36-17-19-37(20-18-36)23-26(40)24-38-34-15-7-5-13-31(34)32-14-6-8-16-35(32)38/h1-16,25-26,33,39-40H,17-24H2. The number of hydrogen-bond donors (Lipinski definition) is 2. The van der Waals surface area contributed by atoms with Crippen LogP contribution >= 0.6 is 0 Å². The first-order chi connectivity index (χ1) is 19.7. The molecule has 7 rings (SSSR count). The lowest BCUT2D eigenvalue weighted by Gasteiger charge is -2.36. The minimum atomic E-state index is -0.446. The molecule has 0 spiro atoms. The van der Waals surface area contributed by atoms with Crippen molar-refractivity contribution in [2.75, 3.05) is 39.3 Å². The van der Waals surface area contributed by atoms with Gasteiger partial charge in [0.15, 0.2) is 0 Å². The third-order valence-electron chi connectivity index (χ3n) is 8.95. The molecule has 5 aromatic rings. The molecule has 1 saturated heterocycles. The number of aliphatic hydroxyl groups excluding tert-OH is 2. The van der Waals surface area contributed by atoms with Crippen LogP contribution in [0.1, 0.15) is 23.5 Å². The van der Waals surface area contributed by atoms with Crippen molar-refractivity contribution in [3.8, 4) is 11.1 Å². The van der Waals surface area contributed by atoms with Gasteiger partial charge in [-0.15, -0.1) is 0 Å². The second kappa shape index (κ2) is 10.8. The van der Waals surface area contributed by atoms with Gasteiger partial charge in [-0.3, -0.25) is 9.80 Å². The summed E-state index contributed by atoms with van der Waals surface area (Å²) in [5, 5.41) is 24.7. The minimum Gasteiger partial charge on any atom is -0.392 e. The van der Waals surface area contributed by atoms with E-state index in [0.29, 0.717) is 19.6 Å². The first kappa shape index (κ1) is 25.5. The van der Waals surface area contributed by atoms with E-state index in [4.69, 9.17) is 0 Å². The van der Waals surface area contributed by atoms with Crippen molar-refractivity contribution in [3.05, 3.63) is 108 Å². The minimum absolute atomic E-state index is 0.250. The van der Waals surface area contributed by atoms with Gasteiger partial charge in [0.25, 0.3) is 0 Å². The van der Waals surface area contributed by atoms with E-state index in [9.17, 15) is 10.2 Å². The van der Waals surface area contributed by atoms with E-state index in [1.807, 2.05) is 0 Å². The summed E-state index contributed by atoms with van der Waals surface area (Å²) in [5.74, 6) is 0.250. The summed E-state index contributed by atoms with van der Waals surface area (Å²) in [6.45, 7) is 5.58. The number of para-hydroxylation sites is 2. The van der Waals surface area contributed by atoms with Crippen LogP contribution in [0.5, 0.6) is 0 Å². The predicted octanol–water partition coefficient (Wildman–Crippen LogP) is 5.34. The van der Waals surface area contributed by atoms with Crippen LogP contribution in [-0.2, 0) is 6.54 Å². The Kier molecular flexibility index (Phi) is 6.90. The molecule has 1 aliphatic heterocycles. The van der Waals surface area contributed by atoms with Crippen molar-refractivity contribution in [3.63, 3.8) is 0 Å². The van der Waals surface area contributed by atoms with Crippen LogP contribution in [0.4, 0.5) is 0 Å². The van der Waals surface area contributed by atoms with E-state index >= 15 is 0 Å². The summed E-state index contributed by atoms with van der Waals surface area (Å²) in [5.41, 5.74) is 7.64. The van der Waals surface area contributed by atoms with Gasteiger partial charge in [0.2, 0.25) is 0 Å². The lowest BCUT2D eigenvalue weighted by molar-refractivity contribution is 0.0422. The molecule has 40 heavy (non-hydrogen) atoms. The van der Waals surface area contributed by atoms with E-state index in [-0.39, 0.29) is 12.0 Å². The number of rotatable bonds is 8. The molecule has 1 aromatic heterocycles. The number of β-amino-alcohol motifs (C(OH)–C–C–N with tert-alkyl or cyclic N) is 2. The molecule has 2 atom stereocenters. The molecule has 0 bridgehead atoms. The second-order valence-electron chi connectivity index (χ2n) is 11.5. The number of nitrogens with zero attached hydrogens (tertiary/aromatic N) is 3. The van der Waals surface area contributed by atoms with Crippen LogP contribution in [0.3, 0.4) is 0 Å². The summed E-state index contributed by atoms with van der Waals surface area (Å²) in [4.78, 5) is 4.75. The fraction of sp³-hybridized carbons (Fsp3) is 0.314. The van der Waals surface area contributed by atoms with Crippen LogP contribution in [0.25, 0.3) is 32.9 Å². The molecule has 2 unspecified atom stereocenters. The Balaban J connectivity index is 0.945. The quantitative estimate of drug-likeness (QED) is 0.284. The summed E-state index contributed by atoms with van der Waals surface area (Å²) in [6, 6.07) is 34.2. The zero-order chi connectivity index (χ0) is 27.1. The molecular weight excluding hydrogens is 494 g/mol. The smallest absolute Gasteiger partial charge is 0.0845 e. The van der Waals surface area contributed by atoms with Crippen molar-refractivity contribution in [2.24, 2.45) is 0 Å². The molecule has 5 heteroatoms. The Bertz CT molecular complexity index is 1540. The van der Waals surface area contributed by atoms with Gasteiger partial charge in [-0.2, -0.15) is 0 Å². The largest absolute Gasteiger partial charge is 0.392 e. The number of aliphatic hydroxyl groups is 2. The number of aromatic nitrogens is 1. The Morgan fingerprint density at radius 1 is 0.550 bits per heavy atom. The first-order valence-electron chi connectivity index (χ1n) is 14.6. The topological polar surface area (TPSA) is 51.9 Å². The van der Waals surface area contributed by atoms with Crippen LogP contribution in [0.2, 0.25) is 0 Å². The maximum Gasteiger partial charge on any atom is 0.0845 e. The molecule has 0 radical (unpaired) electrons. The molecule has 0 saturated carbocycles. The van der Waals surface area contributed by atoms with Gasteiger partial charge in [0.1, 0.15) is 0 Å². The summed E-state index contributed by atoms with van der Waals surface area (Å²) in [6.07, 6.45) is -0.0818. The zero-order valence-corrected chi connectivity index (χ0v) is 22.9. The molecule has 2 aliphatic rings. The molecular formula is C35H37N3O2. The zero-order valence-electron chi connectivity index (χ0n) is 22.9. The second-order valence-corrected chi connectivity index (χ2v) is 11.5. The van der Waals surface area contributed by atoms with E-state index in [2.05, 4.69) is 111 Å². The summed E-state index contributed by atoms with van der Waals surface area (Å²) >= 11 is 0. The third-order valence-corrected chi connectivity index (χ3v) is 8.95. The van der Waals surface area contributed by atoms with Crippen LogP contribution < -0.4 is 0 Å². The number of benzene rings is 4. The highest BCUT2D eigenvalue weighted by atomic mass is 16.3. The number of piperazine rings is 1. The van der Waals surface area contributed by atoms with Gasteiger partial charge < -0.3 is 14.8 Å². The fourth-order valence-corrected chi connectivity index (χ4v) is 7.08. The Labute approximate surface area is 235 Å². The highest BCUT2D eigenvalue weighted by molar-refractivity contribution is 6.07. The van der Waals surface area contributed by atoms with Crippen molar-refractivity contribution >= 4 is 21.8 Å². The summed E-state index contributed by atoms with van der Waals surface area (Å²) < 4.78 is 2.27. The van der Waals surface area contributed by atoms with Crippen LogP contribution in [0, 0.1) is 0 Å². The normalized spacial score (nSPS) is 17.8. The highest BCUT2D eigenvalue weighted by Crippen LogP contribution is 2.46. The van der Waals surface area contributed by atoms with Gasteiger partial charge in [-0.05, 0) is 40.8 Å². The summed E-state index contributed by atoms with van der Waals surface area (Å²) in [7, 11) is 0. The van der Waals surface area contributed by atoms with Crippen LogP contribution in [0.15, 0.2) is 97.1 Å². The van der Waals surface area contributed by atoms with Crippen molar-refractivity contribution in [1.29, 1.82) is 0 Å². The number of hydrogen-bond acceptors (Lipinski definition) is 4. The Hall–Kier alpha value is -3.48. The van der Waals surface area contributed by atoms with Gasteiger partial charge >= 0.3 is 0 Å². The maximum atomic E-state index is 11.1. The van der Waals surface area contributed by atoms with Gasteiger partial charge in [-0.25, -0.2) is 0 Å². The molecule has 1 fully saturated rings. The average molecular weight is 532 g/mol. The molecule has 5 nitrogen and oxygen atoms in total. The van der Waals surface area contributed by atoms with Gasteiger partial charge in [-0.1, -0.05) is 84.9 Å². The van der Waals surface area contributed by atoms with E-state index in [0.717, 1.165) is 32.6 Å². The van der Waals surface area contributed by atoms with Crippen molar-refractivity contribution in [2.45, 2.75) is 31.1 Å². The first-order valence-corrected chi connectivity index (χ1v) is 14.6. The monoisotopic (exact) mass is 531 g/mol. The fourth-order valence-electron chi connectivity index (χ4n) is 7.08. The predicted molar refractivity (Wildman–Crippen MR) is 163 cm³/mol. The molecule has 2 N–H and O–H groups in total. The maximum absolute atomic E-state index is 11.1. The van der Waals surface area contributed by atoms with E-state index < -0.39 is 6.10 Å². The molecule has 4 aromatic carbocycles. The molecule has 204 valence electrons. The van der Waals surface area contributed by atoms with Crippen molar-refractivity contribution < 1.29 is 10.2 Å². The molecule has 1 aliphatic carbocycles. The SMILES string of the molecule is OC(CC1c2ccccc2-c2ccccc21)CN1CCN(CC(O)Cn2c3ccccc3c3ccccc32)CC1. The van der Waals surface area contributed by atoms with Crippen molar-refractivity contribution in [1.82, 2.24) is 14.4 Å². The molecule has 0 amide bonds. The Morgan fingerprint density at radius 3 is 1.55 bits per heavy atom. The van der Waals surface area contributed by atoms with E-state index in [1.165, 1.54) is 44.1 Å². The van der Waals surface area contributed by atoms with E-state index in [1.54, 1.807) is 0 Å². The molecule has 2 heterocycles. The Morgan fingerprint density at radius 2 is 1.00 bits per heavy atom. The van der Waals surface area contributed by atoms with Crippen LogP contribution in [-0.4, -0.2) is 76.1 Å². The highest BCUT2D eigenvalue weighted by Gasteiger charge is 2.30. The average Bonchev–Trinajstić information content (AvgIpc) is 3.47. The third kappa shape index (κ3) is 4.73. The number of fused-ring (bicyclic) bond motifs is 6. The lowest BCUT2D eigenvalue weighted by Crippen LogP contribution is -2.50. The lowest BCUT2D eigenvalue weighted by atomic mass is 9.91. The van der Waals surface area contributed by atoms with Gasteiger partial charge in [0.05, 0.1) is 18.8 Å². The van der Waals surface area contributed by atoms with Gasteiger partial charge in [0, 0.05) is 67.0 Å².